The summed E-state index contributed by atoms with van der Waals surface area (Å²) in [5.74, 6) is 0.529. The molecule has 7 heteroatoms. The first-order valence-electron chi connectivity index (χ1n) is 10.3. The van der Waals surface area contributed by atoms with E-state index in [0.29, 0.717) is 22.8 Å². The number of rotatable bonds is 8. The summed E-state index contributed by atoms with van der Waals surface area (Å²) >= 11 is 0. The molecule has 2 atom stereocenters. The van der Waals surface area contributed by atoms with Crippen LogP contribution in [0.2, 0.25) is 0 Å². The maximum Gasteiger partial charge on any atom is 0.311 e. The van der Waals surface area contributed by atoms with Crippen LogP contribution in [-0.2, 0) is 27.2 Å². The number of fused-ring (bicyclic) bond motifs is 1. The van der Waals surface area contributed by atoms with E-state index in [2.05, 4.69) is 11.4 Å². The summed E-state index contributed by atoms with van der Waals surface area (Å²) in [6, 6.07) is 11.4. The second-order valence-electron chi connectivity index (χ2n) is 7.49. The van der Waals surface area contributed by atoms with Gasteiger partial charge in [-0.1, -0.05) is 24.3 Å². The van der Waals surface area contributed by atoms with Gasteiger partial charge in [0, 0.05) is 0 Å². The average Bonchev–Trinajstić information content (AvgIpc) is 2.78. The lowest BCUT2D eigenvalue weighted by molar-refractivity contribution is -0.154. The number of amides is 1. The van der Waals surface area contributed by atoms with Crippen LogP contribution >= 0.6 is 0 Å². The van der Waals surface area contributed by atoms with Gasteiger partial charge in [0.25, 0.3) is 5.91 Å². The van der Waals surface area contributed by atoms with Crippen LogP contribution in [0.25, 0.3) is 0 Å². The van der Waals surface area contributed by atoms with E-state index < -0.39 is 12.1 Å². The molecule has 1 N–H and O–H groups in total. The zero-order valence-electron chi connectivity index (χ0n) is 18.4. The Balaban J connectivity index is 1.61. The predicted molar refractivity (Wildman–Crippen MR) is 116 cm³/mol. The van der Waals surface area contributed by atoms with E-state index >= 15 is 0 Å². The smallest absolute Gasteiger partial charge is 0.311 e. The molecule has 7 nitrogen and oxygen atoms in total. The Bertz CT molecular complexity index is 916. The molecule has 1 aliphatic rings. The Morgan fingerprint density at radius 3 is 2.39 bits per heavy atom. The highest BCUT2D eigenvalue weighted by molar-refractivity contribution is 5.84. The van der Waals surface area contributed by atoms with Gasteiger partial charge in [-0.3, -0.25) is 9.59 Å². The minimum atomic E-state index is -0.899. The molecule has 1 amide bonds. The molecule has 0 radical (unpaired) electrons. The fourth-order valence-electron chi connectivity index (χ4n) is 3.89. The van der Waals surface area contributed by atoms with Crippen molar-refractivity contribution >= 4 is 11.9 Å². The van der Waals surface area contributed by atoms with Gasteiger partial charge < -0.3 is 24.3 Å². The molecule has 0 spiro atoms. The van der Waals surface area contributed by atoms with E-state index in [-0.39, 0.29) is 18.4 Å². The van der Waals surface area contributed by atoms with Gasteiger partial charge in [0.15, 0.2) is 17.6 Å². The third-order valence-corrected chi connectivity index (χ3v) is 5.44. The van der Waals surface area contributed by atoms with Crippen molar-refractivity contribution in [3.8, 4) is 17.2 Å². The maximum absolute atomic E-state index is 12.6. The summed E-state index contributed by atoms with van der Waals surface area (Å²) in [5, 5.41) is 3.02. The molecular weight excluding hydrogens is 398 g/mol. The highest BCUT2D eigenvalue weighted by Crippen LogP contribution is 2.38. The Hall–Kier alpha value is -3.22. The number of hydrogen-bond acceptors (Lipinski definition) is 6. The number of hydrogen-bond donors (Lipinski definition) is 1. The quantitative estimate of drug-likeness (QED) is 0.651. The molecule has 0 aromatic heterocycles. The van der Waals surface area contributed by atoms with Crippen LogP contribution in [0, 0.1) is 0 Å². The van der Waals surface area contributed by atoms with Crippen molar-refractivity contribution in [3.63, 3.8) is 0 Å². The number of nitrogens with one attached hydrogen (secondary N) is 1. The number of methoxy groups -OCH3 is 3. The number of carbonyl (C=O) groups is 2. The molecule has 166 valence electrons. The lowest BCUT2D eigenvalue weighted by atomic mass is 9.87. The van der Waals surface area contributed by atoms with Crippen LogP contribution < -0.4 is 19.5 Å². The second-order valence-corrected chi connectivity index (χ2v) is 7.49. The number of esters is 1. The van der Waals surface area contributed by atoms with Crippen molar-refractivity contribution in [2.45, 2.75) is 44.8 Å². The van der Waals surface area contributed by atoms with E-state index in [1.807, 2.05) is 18.2 Å². The molecule has 3 rings (SSSR count). The first-order chi connectivity index (χ1) is 15.0. The summed E-state index contributed by atoms with van der Waals surface area (Å²) in [6.45, 7) is 1.58. The zero-order valence-corrected chi connectivity index (χ0v) is 18.4. The largest absolute Gasteiger partial charge is 0.493 e. The van der Waals surface area contributed by atoms with Gasteiger partial charge in [-0.25, -0.2) is 0 Å². The molecule has 0 saturated heterocycles. The molecule has 2 aromatic carbocycles. The summed E-state index contributed by atoms with van der Waals surface area (Å²) in [5.41, 5.74) is 3.03. The Labute approximate surface area is 182 Å². The maximum atomic E-state index is 12.6. The topological polar surface area (TPSA) is 83.1 Å². The minimum Gasteiger partial charge on any atom is -0.493 e. The first kappa shape index (κ1) is 22.5. The fraction of sp³-hybridized carbons (Fsp3) is 0.417. The molecule has 0 aliphatic heterocycles. The van der Waals surface area contributed by atoms with Crippen LogP contribution in [0.4, 0.5) is 0 Å². The van der Waals surface area contributed by atoms with E-state index in [4.69, 9.17) is 18.9 Å². The van der Waals surface area contributed by atoms with Crippen LogP contribution in [0.3, 0.4) is 0 Å². The predicted octanol–water partition coefficient (Wildman–Crippen LogP) is 3.38. The standard InChI is InChI=1S/C24H29NO6/c1-15(24(27)25-19-11-7-9-17-8-5-6-10-18(17)19)31-22(26)14-16-12-20(28-2)23(30-4)21(13-16)29-3/h5-6,8,10,12-13,15,19H,7,9,11,14H2,1-4H3,(H,25,27)/t15-,19-/m0/s1. The van der Waals surface area contributed by atoms with Gasteiger partial charge in [0.2, 0.25) is 5.75 Å². The number of carbonyl (C=O) groups excluding carboxylic acids is 2. The number of benzene rings is 2. The van der Waals surface area contributed by atoms with E-state index in [1.54, 1.807) is 19.1 Å². The molecule has 1 aliphatic carbocycles. The lowest BCUT2D eigenvalue weighted by Gasteiger charge is -2.27. The van der Waals surface area contributed by atoms with Gasteiger partial charge in [-0.05, 0) is 55.0 Å². The second kappa shape index (κ2) is 10.2. The van der Waals surface area contributed by atoms with Gasteiger partial charge >= 0.3 is 5.97 Å². The lowest BCUT2D eigenvalue weighted by Crippen LogP contribution is -2.39. The fourth-order valence-corrected chi connectivity index (χ4v) is 3.89. The van der Waals surface area contributed by atoms with Crippen molar-refractivity contribution in [1.29, 1.82) is 0 Å². The summed E-state index contributed by atoms with van der Waals surface area (Å²) in [4.78, 5) is 25.1. The third-order valence-electron chi connectivity index (χ3n) is 5.44. The number of aryl methyl sites for hydroxylation is 1. The molecule has 0 fully saturated rings. The molecule has 31 heavy (non-hydrogen) atoms. The van der Waals surface area contributed by atoms with E-state index in [9.17, 15) is 9.59 Å². The van der Waals surface area contributed by atoms with Crippen molar-refractivity contribution in [1.82, 2.24) is 5.32 Å². The summed E-state index contributed by atoms with van der Waals surface area (Å²) in [7, 11) is 4.53. The third kappa shape index (κ3) is 5.29. The molecule has 2 aromatic rings. The Kier molecular flexibility index (Phi) is 7.39. The van der Waals surface area contributed by atoms with Gasteiger partial charge in [-0.2, -0.15) is 0 Å². The van der Waals surface area contributed by atoms with Gasteiger partial charge in [-0.15, -0.1) is 0 Å². The highest BCUT2D eigenvalue weighted by Gasteiger charge is 2.25. The number of ether oxygens (including phenoxy) is 4. The van der Waals surface area contributed by atoms with Crippen LogP contribution in [0.1, 0.15) is 42.5 Å². The molecular formula is C24H29NO6. The average molecular weight is 427 g/mol. The minimum absolute atomic E-state index is 0.0272. The summed E-state index contributed by atoms with van der Waals surface area (Å²) < 4.78 is 21.3. The highest BCUT2D eigenvalue weighted by atomic mass is 16.5. The molecule has 0 saturated carbocycles. The van der Waals surface area contributed by atoms with Gasteiger partial charge in [0.1, 0.15) is 0 Å². The van der Waals surface area contributed by atoms with Crippen molar-refractivity contribution < 1.29 is 28.5 Å². The molecule has 0 heterocycles. The normalized spacial score (nSPS) is 15.9. The monoisotopic (exact) mass is 427 g/mol. The zero-order chi connectivity index (χ0) is 22.4. The Morgan fingerprint density at radius 1 is 1.06 bits per heavy atom. The van der Waals surface area contributed by atoms with Crippen LogP contribution in [-0.4, -0.2) is 39.3 Å². The van der Waals surface area contributed by atoms with E-state index in [0.717, 1.165) is 24.8 Å². The summed E-state index contributed by atoms with van der Waals surface area (Å²) in [6.07, 6.45) is 1.97. The van der Waals surface area contributed by atoms with Crippen LogP contribution in [0.5, 0.6) is 17.2 Å². The van der Waals surface area contributed by atoms with Gasteiger partial charge in [0.05, 0.1) is 33.8 Å². The van der Waals surface area contributed by atoms with Crippen molar-refractivity contribution in [3.05, 3.63) is 53.1 Å². The van der Waals surface area contributed by atoms with Crippen molar-refractivity contribution in [2.75, 3.05) is 21.3 Å². The molecule has 0 unspecified atom stereocenters. The first-order valence-corrected chi connectivity index (χ1v) is 10.3. The SMILES string of the molecule is COc1cc(CC(=O)O[C@@H](C)C(=O)N[C@H]2CCCc3ccccc32)cc(OC)c1OC. The van der Waals surface area contributed by atoms with E-state index in [1.165, 1.54) is 26.9 Å². The molecule has 0 bridgehead atoms. The van der Waals surface area contributed by atoms with Crippen LogP contribution in [0.15, 0.2) is 36.4 Å². The Morgan fingerprint density at radius 2 is 1.74 bits per heavy atom. The van der Waals surface area contributed by atoms with Crippen molar-refractivity contribution in [2.24, 2.45) is 0 Å².